The third-order valence-corrected chi connectivity index (χ3v) is 4.20. The van der Waals surface area contributed by atoms with Gasteiger partial charge in [0.2, 0.25) is 0 Å². The Bertz CT molecular complexity index is 236. The molecule has 0 amide bonds. The van der Waals surface area contributed by atoms with Crippen LogP contribution in [0.2, 0.25) is 0 Å². The molecule has 2 rings (SSSR count). The monoisotopic (exact) mass is 237 g/mol. The van der Waals surface area contributed by atoms with Crippen LogP contribution in [0.25, 0.3) is 0 Å². The normalized spacial score (nSPS) is 28.6. The van der Waals surface area contributed by atoms with Gasteiger partial charge in [0.25, 0.3) is 0 Å². The first-order chi connectivity index (χ1) is 8.31. The zero-order valence-electron chi connectivity index (χ0n) is 11.2. The molecule has 2 heterocycles. The fourth-order valence-corrected chi connectivity index (χ4v) is 3.10. The third kappa shape index (κ3) is 3.54. The summed E-state index contributed by atoms with van der Waals surface area (Å²) in [5.41, 5.74) is 0. The van der Waals surface area contributed by atoms with Crippen LogP contribution in [-0.2, 0) is 0 Å². The molecule has 3 heteroatoms. The Morgan fingerprint density at radius 3 is 2.82 bits per heavy atom. The molecule has 17 heavy (non-hydrogen) atoms. The number of likely N-dealkylation sites (tertiary alicyclic amines) is 2. The average molecular weight is 237 g/mol. The Morgan fingerprint density at radius 1 is 1.35 bits per heavy atom. The van der Waals surface area contributed by atoms with Gasteiger partial charge in [-0.05, 0) is 39.3 Å². The Morgan fingerprint density at radius 2 is 2.12 bits per heavy atom. The summed E-state index contributed by atoms with van der Waals surface area (Å²) in [6.45, 7) is 13.3. The second kappa shape index (κ2) is 6.53. The largest absolute Gasteiger partial charge is 0.312 e. The quantitative estimate of drug-likeness (QED) is 0.555. The van der Waals surface area contributed by atoms with Crippen molar-refractivity contribution < 1.29 is 0 Å². The van der Waals surface area contributed by atoms with Crippen molar-refractivity contribution in [3.63, 3.8) is 0 Å². The number of hydrogen-bond donors (Lipinski definition) is 1. The van der Waals surface area contributed by atoms with Crippen LogP contribution >= 0.6 is 0 Å². The first-order valence-corrected chi connectivity index (χ1v) is 7.11. The Balaban J connectivity index is 1.70. The molecule has 2 atom stereocenters. The molecule has 1 N–H and O–H groups in total. The molecule has 2 fully saturated rings. The van der Waals surface area contributed by atoms with Gasteiger partial charge in [0, 0.05) is 38.3 Å². The first kappa shape index (κ1) is 13.1. The van der Waals surface area contributed by atoms with E-state index in [1.165, 1.54) is 45.4 Å². The zero-order chi connectivity index (χ0) is 12.1. The minimum absolute atomic E-state index is 0.655. The van der Waals surface area contributed by atoms with Gasteiger partial charge in [0.15, 0.2) is 0 Å². The van der Waals surface area contributed by atoms with Crippen molar-refractivity contribution in [1.82, 2.24) is 15.1 Å². The molecular weight excluding hydrogens is 210 g/mol. The van der Waals surface area contributed by atoms with Crippen molar-refractivity contribution in [2.75, 3.05) is 39.3 Å². The van der Waals surface area contributed by atoms with Gasteiger partial charge in [-0.1, -0.05) is 6.08 Å². The summed E-state index contributed by atoms with van der Waals surface area (Å²) in [6, 6.07) is 1.49. The van der Waals surface area contributed by atoms with E-state index < -0.39 is 0 Å². The SMILES string of the molecule is C=CCNCC(C)N1CCC(N2CCCC2)C1. The van der Waals surface area contributed by atoms with E-state index in [4.69, 9.17) is 0 Å². The van der Waals surface area contributed by atoms with Crippen LogP contribution in [0.15, 0.2) is 12.7 Å². The lowest BCUT2D eigenvalue weighted by Gasteiger charge is -2.27. The van der Waals surface area contributed by atoms with E-state index in [2.05, 4.69) is 28.6 Å². The lowest BCUT2D eigenvalue weighted by Crippen LogP contribution is -2.41. The molecule has 2 aliphatic heterocycles. The Labute approximate surface area is 106 Å². The summed E-state index contributed by atoms with van der Waals surface area (Å²) in [5, 5.41) is 3.42. The lowest BCUT2D eigenvalue weighted by atomic mass is 10.2. The highest BCUT2D eigenvalue weighted by Gasteiger charge is 2.30. The van der Waals surface area contributed by atoms with Crippen LogP contribution in [0.5, 0.6) is 0 Å². The third-order valence-electron chi connectivity index (χ3n) is 4.20. The Hall–Kier alpha value is -0.380. The summed E-state index contributed by atoms with van der Waals surface area (Å²) in [5.74, 6) is 0. The van der Waals surface area contributed by atoms with Crippen LogP contribution in [0, 0.1) is 0 Å². The van der Waals surface area contributed by atoms with Crippen molar-refractivity contribution in [2.45, 2.75) is 38.3 Å². The van der Waals surface area contributed by atoms with E-state index in [1.807, 2.05) is 6.08 Å². The zero-order valence-corrected chi connectivity index (χ0v) is 11.2. The molecule has 0 aromatic rings. The van der Waals surface area contributed by atoms with Crippen molar-refractivity contribution in [2.24, 2.45) is 0 Å². The Kier molecular flexibility index (Phi) is 5.01. The standard InChI is InChI=1S/C14H27N3/c1-3-7-15-11-13(2)17-10-6-14(12-17)16-8-4-5-9-16/h3,13-15H,1,4-12H2,2H3. The summed E-state index contributed by atoms with van der Waals surface area (Å²) >= 11 is 0. The predicted octanol–water partition coefficient (Wildman–Crippen LogP) is 1.32. The van der Waals surface area contributed by atoms with Crippen molar-refractivity contribution >= 4 is 0 Å². The molecule has 0 radical (unpaired) electrons. The number of nitrogens with one attached hydrogen (secondary N) is 1. The molecule has 2 saturated heterocycles. The maximum atomic E-state index is 3.74. The summed E-state index contributed by atoms with van der Waals surface area (Å²) in [7, 11) is 0. The van der Waals surface area contributed by atoms with E-state index in [0.717, 1.165) is 19.1 Å². The lowest BCUT2D eigenvalue weighted by molar-refractivity contribution is 0.205. The minimum atomic E-state index is 0.655. The molecule has 98 valence electrons. The van der Waals surface area contributed by atoms with Crippen LogP contribution in [0.4, 0.5) is 0 Å². The van der Waals surface area contributed by atoms with Gasteiger partial charge in [-0.2, -0.15) is 0 Å². The van der Waals surface area contributed by atoms with E-state index in [9.17, 15) is 0 Å². The minimum Gasteiger partial charge on any atom is -0.312 e. The highest BCUT2D eigenvalue weighted by Crippen LogP contribution is 2.21. The molecule has 0 saturated carbocycles. The van der Waals surface area contributed by atoms with Gasteiger partial charge in [0.05, 0.1) is 0 Å². The van der Waals surface area contributed by atoms with Crippen LogP contribution in [0.1, 0.15) is 26.2 Å². The fraction of sp³-hybridized carbons (Fsp3) is 0.857. The highest BCUT2D eigenvalue weighted by molar-refractivity contribution is 4.88. The second-order valence-corrected chi connectivity index (χ2v) is 5.48. The molecule has 0 aliphatic carbocycles. The van der Waals surface area contributed by atoms with Gasteiger partial charge < -0.3 is 5.32 Å². The molecule has 0 bridgehead atoms. The molecule has 0 aromatic heterocycles. The molecular formula is C14H27N3. The second-order valence-electron chi connectivity index (χ2n) is 5.48. The number of nitrogens with zero attached hydrogens (tertiary/aromatic N) is 2. The molecule has 2 unspecified atom stereocenters. The van der Waals surface area contributed by atoms with Gasteiger partial charge in [-0.15, -0.1) is 6.58 Å². The van der Waals surface area contributed by atoms with E-state index >= 15 is 0 Å². The van der Waals surface area contributed by atoms with Crippen molar-refractivity contribution in [3.05, 3.63) is 12.7 Å². The molecule has 0 aromatic carbocycles. The predicted molar refractivity (Wildman–Crippen MR) is 73.3 cm³/mol. The van der Waals surface area contributed by atoms with Gasteiger partial charge in [0.1, 0.15) is 0 Å². The van der Waals surface area contributed by atoms with Crippen LogP contribution in [-0.4, -0.2) is 61.2 Å². The average Bonchev–Trinajstić information content (AvgIpc) is 3.00. The van der Waals surface area contributed by atoms with Crippen LogP contribution in [0.3, 0.4) is 0 Å². The maximum absolute atomic E-state index is 3.74. The van der Waals surface area contributed by atoms with Crippen molar-refractivity contribution in [1.29, 1.82) is 0 Å². The summed E-state index contributed by atoms with van der Waals surface area (Å²) in [6.07, 6.45) is 6.12. The topological polar surface area (TPSA) is 18.5 Å². The van der Waals surface area contributed by atoms with E-state index in [-0.39, 0.29) is 0 Å². The number of hydrogen-bond acceptors (Lipinski definition) is 3. The number of rotatable bonds is 6. The van der Waals surface area contributed by atoms with Gasteiger partial charge in [-0.3, -0.25) is 9.80 Å². The van der Waals surface area contributed by atoms with Crippen molar-refractivity contribution in [3.8, 4) is 0 Å². The smallest absolute Gasteiger partial charge is 0.0235 e. The van der Waals surface area contributed by atoms with Gasteiger partial charge in [-0.25, -0.2) is 0 Å². The van der Waals surface area contributed by atoms with Crippen LogP contribution < -0.4 is 5.32 Å². The molecule has 3 nitrogen and oxygen atoms in total. The van der Waals surface area contributed by atoms with Gasteiger partial charge >= 0.3 is 0 Å². The summed E-state index contributed by atoms with van der Waals surface area (Å²) in [4.78, 5) is 5.34. The van der Waals surface area contributed by atoms with E-state index in [1.54, 1.807) is 0 Å². The first-order valence-electron chi connectivity index (χ1n) is 7.11. The maximum Gasteiger partial charge on any atom is 0.0235 e. The highest BCUT2D eigenvalue weighted by atomic mass is 15.3. The van der Waals surface area contributed by atoms with E-state index in [0.29, 0.717) is 6.04 Å². The fourth-order valence-electron chi connectivity index (χ4n) is 3.10. The summed E-state index contributed by atoms with van der Waals surface area (Å²) < 4.78 is 0. The molecule has 0 spiro atoms. The molecule has 2 aliphatic rings.